The van der Waals surface area contributed by atoms with Crippen LogP contribution in [0, 0.1) is 6.92 Å². The zero-order chi connectivity index (χ0) is 21.5. The van der Waals surface area contributed by atoms with Crippen LogP contribution in [0.3, 0.4) is 0 Å². The van der Waals surface area contributed by atoms with Crippen molar-refractivity contribution in [1.29, 1.82) is 0 Å². The molecule has 1 aromatic heterocycles. The molecule has 0 bridgehead atoms. The molecule has 0 fully saturated rings. The molecular weight excluding hydrogens is 404 g/mol. The number of aryl methyl sites for hydroxylation is 1. The molecule has 3 amide bonds. The number of hydrogen-bond donors (Lipinski definition) is 3. The summed E-state index contributed by atoms with van der Waals surface area (Å²) in [5.41, 5.74) is 2.76. The quantitative estimate of drug-likeness (QED) is 0.504. The Morgan fingerprint density at radius 2 is 1.77 bits per heavy atom. The summed E-state index contributed by atoms with van der Waals surface area (Å²) in [6.45, 7) is 3.95. The molecule has 30 heavy (non-hydrogen) atoms. The van der Waals surface area contributed by atoms with E-state index in [2.05, 4.69) is 20.9 Å². The second kappa shape index (κ2) is 9.66. The van der Waals surface area contributed by atoms with Gasteiger partial charge < -0.3 is 15.4 Å². The van der Waals surface area contributed by atoms with Crippen LogP contribution in [-0.2, 0) is 4.74 Å². The molecule has 8 nitrogen and oxygen atoms in total. The second-order valence-corrected chi connectivity index (χ2v) is 7.10. The highest BCUT2D eigenvalue weighted by Crippen LogP contribution is 2.18. The first-order valence-electron chi connectivity index (χ1n) is 9.13. The molecule has 0 saturated heterocycles. The molecule has 3 N–H and O–H groups in total. The predicted octanol–water partition coefficient (Wildman–Crippen LogP) is 4.52. The lowest BCUT2D eigenvalue weighted by atomic mass is 10.2. The van der Waals surface area contributed by atoms with Crippen molar-refractivity contribution in [3.8, 4) is 0 Å². The molecule has 0 unspecified atom stereocenters. The lowest BCUT2D eigenvalue weighted by Crippen LogP contribution is -2.19. The van der Waals surface area contributed by atoms with Crippen molar-refractivity contribution in [3.63, 3.8) is 0 Å². The average molecular weight is 424 g/mol. The van der Waals surface area contributed by atoms with Gasteiger partial charge in [0.05, 0.1) is 12.2 Å². The van der Waals surface area contributed by atoms with Crippen LogP contribution in [0.15, 0.2) is 53.9 Å². The molecule has 2 aromatic carbocycles. The van der Waals surface area contributed by atoms with E-state index in [1.54, 1.807) is 42.6 Å². The first-order chi connectivity index (χ1) is 14.4. The van der Waals surface area contributed by atoms with Crippen LogP contribution < -0.4 is 16.0 Å². The third-order valence-electron chi connectivity index (χ3n) is 3.89. The van der Waals surface area contributed by atoms with Gasteiger partial charge in [0.1, 0.15) is 5.69 Å². The van der Waals surface area contributed by atoms with Crippen LogP contribution in [0.1, 0.15) is 33.3 Å². The fourth-order valence-corrected chi connectivity index (χ4v) is 3.20. The highest BCUT2D eigenvalue weighted by atomic mass is 32.1. The summed E-state index contributed by atoms with van der Waals surface area (Å²) in [6, 6.07) is 13.3. The molecule has 0 aliphatic rings. The Labute approximate surface area is 177 Å². The number of amides is 3. The fraction of sp³-hybridized carbons (Fsp3) is 0.143. The van der Waals surface area contributed by atoms with Crippen molar-refractivity contribution in [3.05, 3.63) is 70.7 Å². The number of benzene rings is 2. The summed E-state index contributed by atoms with van der Waals surface area (Å²) in [4.78, 5) is 40.3. The zero-order valence-electron chi connectivity index (χ0n) is 16.4. The first kappa shape index (κ1) is 21.0. The minimum Gasteiger partial charge on any atom is -0.462 e. The fourth-order valence-electron chi connectivity index (χ4n) is 2.52. The Morgan fingerprint density at radius 3 is 2.47 bits per heavy atom. The number of urea groups is 1. The molecule has 1 heterocycles. The number of carbonyl (C=O) groups is 3. The highest BCUT2D eigenvalue weighted by molar-refractivity contribution is 7.14. The van der Waals surface area contributed by atoms with Crippen molar-refractivity contribution in [2.45, 2.75) is 13.8 Å². The van der Waals surface area contributed by atoms with Gasteiger partial charge in [0.15, 0.2) is 5.13 Å². The molecule has 3 rings (SSSR count). The van der Waals surface area contributed by atoms with Gasteiger partial charge in [0.2, 0.25) is 0 Å². The number of aromatic nitrogens is 1. The number of ether oxygens (including phenoxy) is 1. The molecule has 0 aliphatic carbocycles. The Kier molecular flexibility index (Phi) is 6.76. The molecule has 0 atom stereocenters. The standard InChI is InChI=1S/C21H20N4O4S/c1-3-29-19(27)14-7-9-15(10-8-14)22-18(26)17-12-30-21(24-17)25-20(28)23-16-6-4-5-13(2)11-16/h4-12H,3H2,1-2H3,(H,22,26)(H2,23,24,25,28). The van der Waals surface area contributed by atoms with E-state index < -0.39 is 17.9 Å². The van der Waals surface area contributed by atoms with E-state index in [4.69, 9.17) is 4.74 Å². The Bertz CT molecular complexity index is 1060. The van der Waals surface area contributed by atoms with Gasteiger partial charge in [0, 0.05) is 16.8 Å². The molecule has 0 aliphatic heterocycles. The van der Waals surface area contributed by atoms with E-state index in [1.807, 2.05) is 25.1 Å². The van der Waals surface area contributed by atoms with Crippen LogP contribution in [-0.4, -0.2) is 29.5 Å². The van der Waals surface area contributed by atoms with Crippen molar-refractivity contribution in [1.82, 2.24) is 4.98 Å². The monoisotopic (exact) mass is 424 g/mol. The molecular formula is C21H20N4O4S. The number of anilines is 3. The minimum atomic E-state index is -0.448. The molecule has 0 saturated carbocycles. The van der Waals surface area contributed by atoms with E-state index in [-0.39, 0.29) is 5.69 Å². The van der Waals surface area contributed by atoms with Gasteiger partial charge in [-0.1, -0.05) is 12.1 Å². The van der Waals surface area contributed by atoms with Crippen molar-refractivity contribution in [2.24, 2.45) is 0 Å². The third kappa shape index (κ3) is 5.65. The maximum atomic E-state index is 12.4. The smallest absolute Gasteiger partial charge is 0.338 e. The van der Waals surface area contributed by atoms with Gasteiger partial charge in [-0.3, -0.25) is 10.1 Å². The lowest BCUT2D eigenvalue weighted by molar-refractivity contribution is 0.0526. The molecule has 9 heteroatoms. The number of esters is 1. The maximum Gasteiger partial charge on any atom is 0.338 e. The van der Waals surface area contributed by atoms with Crippen LogP contribution >= 0.6 is 11.3 Å². The SMILES string of the molecule is CCOC(=O)c1ccc(NC(=O)c2csc(NC(=O)Nc3cccc(C)c3)n2)cc1. The molecule has 3 aromatic rings. The van der Waals surface area contributed by atoms with E-state index in [0.29, 0.717) is 28.7 Å². The summed E-state index contributed by atoms with van der Waals surface area (Å²) in [7, 11) is 0. The Balaban J connectivity index is 1.56. The van der Waals surface area contributed by atoms with E-state index >= 15 is 0 Å². The van der Waals surface area contributed by atoms with Crippen molar-refractivity contribution in [2.75, 3.05) is 22.6 Å². The Morgan fingerprint density at radius 1 is 1.00 bits per heavy atom. The van der Waals surface area contributed by atoms with E-state index in [0.717, 1.165) is 16.9 Å². The summed E-state index contributed by atoms with van der Waals surface area (Å²) in [5.74, 6) is -0.850. The topological polar surface area (TPSA) is 109 Å². The van der Waals surface area contributed by atoms with Gasteiger partial charge >= 0.3 is 12.0 Å². The van der Waals surface area contributed by atoms with Crippen LogP contribution in [0.2, 0.25) is 0 Å². The van der Waals surface area contributed by atoms with E-state index in [9.17, 15) is 14.4 Å². The zero-order valence-corrected chi connectivity index (χ0v) is 17.2. The molecule has 0 spiro atoms. The molecule has 0 radical (unpaired) electrons. The number of rotatable bonds is 6. The lowest BCUT2D eigenvalue weighted by Gasteiger charge is -2.06. The van der Waals surface area contributed by atoms with Crippen LogP contribution in [0.5, 0.6) is 0 Å². The van der Waals surface area contributed by atoms with Gasteiger partial charge in [-0.2, -0.15) is 0 Å². The highest BCUT2D eigenvalue weighted by Gasteiger charge is 2.13. The summed E-state index contributed by atoms with van der Waals surface area (Å²) < 4.78 is 4.92. The number of nitrogens with zero attached hydrogens (tertiary/aromatic N) is 1. The Hall–Kier alpha value is -3.72. The average Bonchev–Trinajstić information content (AvgIpc) is 3.17. The normalized spacial score (nSPS) is 10.2. The number of carbonyl (C=O) groups excluding carboxylic acids is 3. The summed E-state index contributed by atoms with van der Waals surface area (Å²) >= 11 is 1.14. The van der Waals surface area contributed by atoms with Gasteiger partial charge in [-0.15, -0.1) is 11.3 Å². The third-order valence-corrected chi connectivity index (χ3v) is 4.64. The van der Waals surface area contributed by atoms with Crippen molar-refractivity contribution >= 4 is 45.8 Å². The summed E-state index contributed by atoms with van der Waals surface area (Å²) in [5, 5.41) is 9.85. The van der Waals surface area contributed by atoms with E-state index in [1.165, 1.54) is 0 Å². The van der Waals surface area contributed by atoms with Crippen LogP contribution in [0.4, 0.5) is 21.3 Å². The van der Waals surface area contributed by atoms with Crippen LogP contribution in [0.25, 0.3) is 0 Å². The predicted molar refractivity (Wildman–Crippen MR) is 116 cm³/mol. The second-order valence-electron chi connectivity index (χ2n) is 6.24. The molecule has 154 valence electrons. The van der Waals surface area contributed by atoms with Crippen molar-refractivity contribution < 1.29 is 19.1 Å². The first-order valence-corrected chi connectivity index (χ1v) is 10.0. The number of thiazole rings is 1. The largest absolute Gasteiger partial charge is 0.462 e. The minimum absolute atomic E-state index is 0.167. The number of nitrogens with one attached hydrogen (secondary N) is 3. The summed E-state index contributed by atoms with van der Waals surface area (Å²) in [6.07, 6.45) is 0. The van der Waals surface area contributed by atoms with Gasteiger partial charge in [0.25, 0.3) is 5.91 Å². The number of hydrogen-bond acceptors (Lipinski definition) is 6. The van der Waals surface area contributed by atoms with Gasteiger partial charge in [-0.05, 0) is 55.8 Å². The maximum absolute atomic E-state index is 12.4. The van der Waals surface area contributed by atoms with Gasteiger partial charge in [-0.25, -0.2) is 14.6 Å².